The molecule has 0 aromatic heterocycles. The third kappa shape index (κ3) is 1.36. The van der Waals surface area contributed by atoms with Gasteiger partial charge in [0.25, 0.3) is 0 Å². The van der Waals surface area contributed by atoms with Gasteiger partial charge in [-0.25, -0.2) is 4.99 Å². The smallest absolute Gasteiger partial charge is 0.236 e. The molecule has 0 amide bonds. The topological polar surface area (TPSA) is 32.7 Å². The SMILES string of the molecule is O=C(Cl)C1CN2CC=CN=C2S1. The quantitative estimate of drug-likeness (QED) is 0.596. The summed E-state index contributed by atoms with van der Waals surface area (Å²) in [6, 6.07) is 0. The average Bonchev–Trinajstić information content (AvgIpc) is 2.46. The fourth-order valence-corrected chi connectivity index (χ4v) is 2.42. The number of hydrogen-bond donors (Lipinski definition) is 0. The van der Waals surface area contributed by atoms with Crippen molar-refractivity contribution in [3.8, 4) is 0 Å². The number of fused-ring (bicyclic) bond motifs is 1. The Kier molecular flexibility index (Phi) is 2.11. The van der Waals surface area contributed by atoms with Gasteiger partial charge >= 0.3 is 0 Å². The molecule has 0 spiro atoms. The van der Waals surface area contributed by atoms with Crippen LogP contribution in [0.2, 0.25) is 0 Å². The molecule has 1 saturated heterocycles. The van der Waals surface area contributed by atoms with Crippen LogP contribution in [0.5, 0.6) is 0 Å². The summed E-state index contributed by atoms with van der Waals surface area (Å²) in [7, 11) is 0. The summed E-state index contributed by atoms with van der Waals surface area (Å²) in [6.45, 7) is 1.53. The van der Waals surface area contributed by atoms with Crippen LogP contribution in [0, 0.1) is 0 Å². The van der Waals surface area contributed by atoms with Crippen LogP contribution in [0.4, 0.5) is 0 Å². The van der Waals surface area contributed by atoms with E-state index in [1.165, 1.54) is 11.8 Å². The Bertz CT molecular complexity index is 277. The average molecular weight is 203 g/mol. The normalized spacial score (nSPS) is 26.9. The van der Waals surface area contributed by atoms with Gasteiger partial charge in [0.1, 0.15) is 5.25 Å². The van der Waals surface area contributed by atoms with Crippen molar-refractivity contribution < 1.29 is 4.79 Å². The molecule has 2 aliphatic rings. The van der Waals surface area contributed by atoms with E-state index in [9.17, 15) is 4.79 Å². The molecule has 0 aromatic carbocycles. The van der Waals surface area contributed by atoms with Crippen LogP contribution in [0.25, 0.3) is 0 Å². The highest BCUT2D eigenvalue weighted by molar-refractivity contribution is 8.15. The van der Waals surface area contributed by atoms with E-state index in [0.717, 1.165) is 11.7 Å². The molecule has 2 aliphatic heterocycles. The van der Waals surface area contributed by atoms with Crippen molar-refractivity contribution in [2.45, 2.75) is 5.25 Å². The van der Waals surface area contributed by atoms with Gasteiger partial charge in [0.2, 0.25) is 5.24 Å². The predicted octanol–water partition coefficient (Wildman–Crippen LogP) is 1.05. The molecule has 0 radical (unpaired) electrons. The lowest BCUT2D eigenvalue weighted by Crippen LogP contribution is -2.28. The minimum atomic E-state index is -0.280. The first-order valence-corrected chi connectivity index (χ1v) is 4.87. The first kappa shape index (κ1) is 8.13. The first-order valence-electron chi connectivity index (χ1n) is 3.61. The maximum absolute atomic E-state index is 10.8. The van der Waals surface area contributed by atoms with Crippen LogP contribution in [0.1, 0.15) is 0 Å². The molecule has 0 N–H and O–H groups in total. The number of aliphatic imine (C=N–C) groups is 1. The fraction of sp³-hybridized carbons (Fsp3) is 0.429. The van der Waals surface area contributed by atoms with Crippen LogP contribution in [-0.2, 0) is 4.79 Å². The molecular weight excluding hydrogens is 196 g/mol. The Morgan fingerprint density at radius 2 is 2.67 bits per heavy atom. The van der Waals surface area contributed by atoms with E-state index in [4.69, 9.17) is 11.6 Å². The van der Waals surface area contributed by atoms with Crippen LogP contribution >= 0.6 is 23.4 Å². The summed E-state index contributed by atoms with van der Waals surface area (Å²) in [5, 5.41) is 0.499. The minimum Gasteiger partial charge on any atom is -0.346 e. The van der Waals surface area contributed by atoms with Crippen molar-refractivity contribution in [1.82, 2.24) is 4.90 Å². The summed E-state index contributed by atoms with van der Waals surface area (Å²) in [5.41, 5.74) is 0. The summed E-state index contributed by atoms with van der Waals surface area (Å²) in [6.07, 6.45) is 3.73. The van der Waals surface area contributed by atoms with E-state index in [-0.39, 0.29) is 10.5 Å². The second-order valence-electron chi connectivity index (χ2n) is 2.61. The molecule has 1 fully saturated rings. The van der Waals surface area contributed by atoms with Crippen LogP contribution < -0.4 is 0 Å². The third-order valence-corrected chi connectivity index (χ3v) is 3.39. The van der Waals surface area contributed by atoms with Gasteiger partial charge in [-0.05, 0) is 17.7 Å². The standard InChI is InChI=1S/C7H7ClN2OS/c8-6(11)5-4-10-3-1-2-9-7(10)12-5/h1-2,5H,3-4H2. The lowest BCUT2D eigenvalue weighted by atomic mass is 10.4. The Hall–Kier alpha value is -0.480. The third-order valence-electron chi connectivity index (χ3n) is 1.77. The molecule has 1 atom stereocenters. The molecule has 12 heavy (non-hydrogen) atoms. The highest BCUT2D eigenvalue weighted by Gasteiger charge is 2.32. The predicted molar refractivity (Wildman–Crippen MR) is 50.4 cm³/mol. The van der Waals surface area contributed by atoms with Gasteiger partial charge in [-0.15, -0.1) is 0 Å². The maximum Gasteiger partial charge on any atom is 0.236 e. The highest BCUT2D eigenvalue weighted by Crippen LogP contribution is 2.28. The van der Waals surface area contributed by atoms with Gasteiger partial charge < -0.3 is 4.90 Å². The van der Waals surface area contributed by atoms with E-state index >= 15 is 0 Å². The zero-order chi connectivity index (χ0) is 8.55. The fourth-order valence-electron chi connectivity index (χ4n) is 1.19. The number of hydrogen-bond acceptors (Lipinski definition) is 4. The summed E-state index contributed by atoms with van der Waals surface area (Å²) in [4.78, 5) is 17.0. The van der Waals surface area contributed by atoms with E-state index in [0.29, 0.717) is 6.54 Å². The molecule has 64 valence electrons. The summed E-state index contributed by atoms with van der Waals surface area (Å²) < 4.78 is 0. The molecule has 5 heteroatoms. The molecule has 0 aliphatic carbocycles. The van der Waals surface area contributed by atoms with Crippen molar-refractivity contribution in [2.75, 3.05) is 13.1 Å². The first-order chi connectivity index (χ1) is 5.77. The van der Waals surface area contributed by atoms with Crippen molar-refractivity contribution in [1.29, 1.82) is 0 Å². The molecule has 0 bridgehead atoms. The van der Waals surface area contributed by atoms with Gasteiger partial charge in [-0.2, -0.15) is 0 Å². The molecular formula is C7H7ClN2OS. The summed E-state index contributed by atoms with van der Waals surface area (Å²) >= 11 is 6.83. The second kappa shape index (κ2) is 3.11. The van der Waals surface area contributed by atoms with Crippen molar-refractivity contribution in [3.63, 3.8) is 0 Å². The molecule has 1 unspecified atom stereocenters. The van der Waals surface area contributed by atoms with Gasteiger partial charge in [-0.3, -0.25) is 4.79 Å². The van der Waals surface area contributed by atoms with Crippen molar-refractivity contribution in [3.05, 3.63) is 12.3 Å². The zero-order valence-electron chi connectivity index (χ0n) is 6.24. The Morgan fingerprint density at radius 3 is 3.33 bits per heavy atom. The number of carbonyl (C=O) groups is 1. The van der Waals surface area contributed by atoms with Crippen molar-refractivity contribution >= 4 is 33.8 Å². The highest BCUT2D eigenvalue weighted by atomic mass is 35.5. The van der Waals surface area contributed by atoms with Crippen LogP contribution in [-0.4, -0.2) is 33.6 Å². The summed E-state index contributed by atoms with van der Waals surface area (Å²) in [5.74, 6) is 0. The van der Waals surface area contributed by atoms with Gasteiger partial charge in [-0.1, -0.05) is 11.8 Å². The lowest BCUT2D eigenvalue weighted by Gasteiger charge is -2.16. The number of thioether (sulfide) groups is 1. The number of rotatable bonds is 1. The van der Waals surface area contributed by atoms with Crippen LogP contribution in [0.15, 0.2) is 17.3 Å². The zero-order valence-corrected chi connectivity index (χ0v) is 7.81. The molecule has 3 nitrogen and oxygen atoms in total. The van der Waals surface area contributed by atoms with Gasteiger partial charge in [0, 0.05) is 19.3 Å². The molecule has 0 saturated carbocycles. The Balaban J connectivity index is 2.12. The minimum absolute atomic E-state index is 0.134. The number of halogens is 1. The Labute approximate surface area is 79.5 Å². The monoisotopic (exact) mass is 202 g/mol. The van der Waals surface area contributed by atoms with E-state index in [1.807, 2.05) is 6.08 Å². The van der Waals surface area contributed by atoms with E-state index in [2.05, 4.69) is 9.89 Å². The van der Waals surface area contributed by atoms with Gasteiger partial charge in [0.05, 0.1) is 0 Å². The second-order valence-corrected chi connectivity index (χ2v) is 4.15. The van der Waals surface area contributed by atoms with E-state index in [1.54, 1.807) is 6.20 Å². The number of carbonyl (C=O) groups excluding carboxylic acids is 1. The molecule has 2 heterocycles. The van der Waals surface area contributed by atoms with E-state index < -0.39 is 0 Å². The van der Waals surface area contributed by atoms with Gasteiger partial charge in [0.15, 0.2) is 5.17 Å². The molecule has 0 aromatic rings. The van der Waals surface area contributed by atoms with Crippen LogP contribution in [0.3, 0.4) is 0 Å². The number of amidine groups is 1. The maximum atomic E-state index is 10.8. The Morgan fingerprint density at radius 1 is 1.83 bits per heavy atom. The largest absolute Gasteiger partial charge is 0.346 e. The van der Waals surface area contributed by atoms with Crippen molar-refractivity contribution in [2.24, 2.45) is 4.99 Å². The lowest BCUT2D eigenvalue weighted by molar-refractivity contribution is -0.111. The number of nitrogens with zero attached hydrogens (tertiary/aromatic N) is 2. The molecule has 2 rings (SSSR count).